The Labute approximate surface area is 94.4 Å². The monoisotopic (exact) mass is 214 g/mol. The van der Waals surface area contributed by atoms with Crippen LogP contribution in [0.2, 0.25) is 0 Å². The summed E-state index contributed by atoms with van der Waals surface area (Å²) in [5.41, 5.74) is 0.270. The first-order valence-electron chi connectivity index (χ1n) is 5.84. The molecule has 0 fully saturated rings. The van der Waals surface area contributed by atoms with Crippen molar-refractivity contribution in [3.63, 3.8) is 0 Å². The summed E-state index contributed by atoms with van der Waals surface area (Å²) in [4.78, 5) is 11.7. The highest BCUT2D eigenvalue weighted by molar-refractivity contribution is 5.72. The van der Waals surface area contributed by atoms with Gasteiger partial charge >= 0.3 is 5.97 Å². The minimum atomic E-state index is -0.0678. The van der Waals surface area contributed by atoms with Gasteiger partial charge in [-0.25, -0.2) is 0 Å². The second-order valence-corrected chi connectivity index (χ2v) is 6.02. The molecule has 2 unspecified atom stereocenters. The number of ether oxygens (including phenoxy) is 1. The second kappa shape index (κ2) is 5.53. The Morgan fingerprint density at radius 1 is 1.13 bits per heavy atom. The second-order valence-electron chi connectivity index (χ2n) is 6.02. The average Bonchev–Trinajstić information content (AvgIpc) is 1.98. The van der Waals surface area contributed by atoms with Crippen LogP contribution in [0, 0.1) is 17.3 Å². The molecule has 0 aliphatic carbocycles. The van der Waals surface area contributed by atoms with Crippen molar-refractivity contribution in [3.05, 3.63) is 0 Å². The van der Waals surface area contributed by atoms with E-state index in [4.69, 9.17) is 4.74 Å². The molecular formula is C13H26O2. The van der Waals surface area contributed by atoms with Crippen LogP contribution >= 0.6 is 0 Å². The zero-order valence-corrected chi connectivity index (χ0v) is 11.3. The van der Waals surface area contributed by atoms with Gasteiger partial charge in [0.05, 0.1) is 12.0 Å². The largest absolute Gasteiger partial charge is 0.463 e. The molecular weight excluding hydrogens is 188 g/mol. The number of carbonyl (C=O) groups is 1. The highest BCUT2D eigenvalue weighted by atomic mass is 16.5. The summed E-state index contributed by atoms with van der Waals surface area (Å²) < 4.78 is 5.21. The molecule has 0 aromatic rings. The SMILES string of the molecule is CC(C)OC(=O)C(C)C(C)CC(C)(C)C. The molecule has 90 valence electrons. The van der Waals surface area contributed by atoms with E-state index >= 15 is 0 Å². The van der Waals surface area contributed by atoms with Crippen molar-refractivity contribution in [1.29, 1.82) is 0 Å². The maximum Gasteiger partial charge on any atom is 0.309 e. The van der Waals surface area contributed by atoms with Gasteiger partial charge in [0.15, 0.2) is 0 Å². The van der Waals surface area contributed by atoms with Crippen molar-refractivity contribution < 1.29 is 9.53 Å². The van der Waals surface area contributed by atoms with Gasteiger partial charge in [0.1, 0.15) is 0 Å². The third-order valence-electron chi connectivity index (χ3n) is 2.51. The van der Waals surface area contributed by atoms with Gasteiger partial charge in [-0.15, -0.1) is 0 Å². The number of rotatable bonds is 4. The van der Waals surface area contributed by atoms with E-state index in [0.29, 0.717) is 5.92 Å². The van der Waals surface area contributed by atoms with E-state index in [1.807, 2.05) is 20.8 Å². The molecule has 0 aliphatic heterocycles. The molecule has 2 heteroatoms. The molecule has 0 bridgehead atoms. The van der Waals surface area contributed by atoms with Gasteiger partial charge in [0.2, 0.25) is 0 Å². The van der Waals surface area contributed by atoms with Gasteiger partial charge < -0.3 is 4.74 Å². The molecule has 0 heterocycles. The topological polar surface area (TPSA) is 26.3 Å². The molecule has 2 atom stereocenters. The van der Waals surface area contributed by atoms with Crippen LogP contribution in [0.1, 0.15) is 54.9 Å². The van der Waals surface area contributed by atoms with Crippen molar-refractivity contribution in [2.45, 2.75) is 61.0 Å². The predicted molar refractivity (Wildman–Crippen MR) is 63.6 cm³/mol. The summed E-state index contributed by atoms with van der Waals surface area (Å²) in [5, 5.41) is 0. The van der Waals surface area contributed by atoms with Crippen LogP contribution < -0.4 is 0 Å². The van der Waals surface area contributed by atoms with Crippen molar-refractivity contribution >= 4 is 5.97 Å². The Kier molecular flexibility index (Phi) is 5.33. The molecule has 0 saturated heterocycles. The van der Waals surface area contributed by atoms with Crippen molar-refractivity contribution in [3.8, 4) is 0 Å². The third-order valence-corrected chi connectivity index (χ3v) is 2.51. The lowest BCUT2D eigenvalue weighted by Gasteiger charge is -2.27. The van der Waals surface area contributed by atoms with Crippen LogP contribution in [0.3, 0.4) is 0 Å². The van der Waals surface area contributed by atoms with Crippen LogP contribution in [0.25, 0.3) is 0 Å². The van der Waals surface area contributed by atoms with Gasteiger partial charge in [0, 0.05) is 0 Å². The lowest BCUT2D eigenvalue weighted by molar-refractivity contribution is -0.153. The molecule has 15 heavy (non-hydrogen) atoms. The van der Waals surface area contributed by atoms with Crippen molar-refractivity contribution in [1.82, 2.24) is 0 Å². The quantitative estimate of drug-likeness (QED) is 0.668. The first-order chi connectivity index (χ1) is 6.63. The van der Waals surface area contributed by atoms with Crippen LogP contribution in [0.5, 0.6) is 0 Å². The summed E-state index contributed by atoms with van der Waals surface area (Å²) in [5.74, 6) is 0.296. The lowest BCUT2D eigenvalue weighted by atomic mass is 9.80. The number of hydrogen-bond donors (Lipinski definition) is 0. The molecule has 0 amide bonds. The number of carbonyl (C=O) groups excluding carboxylic acids is 1. The highest BCUT2D eigenvalue weighted by Crippen LogP contribution is 2.29. The van der Waals surface area contributed by atoms with E-state index < -0.39 is 0 Å². The Balaban J connectivity index is 4.19. The zero-order chi connectivity index (χ0) is 12.2. The van der Waals surface area contributed by atoms with E-state index in [9.17, 15) is 4.79 Å². The Morgan fingerprint density at radius 2 is 1.60 bits per heavy atom. The van der Waals surface area contributed by atoms with Crippen LogP contribution in [0.4, 0.5) is 0 Å². The van der Waals surface area contributed by atoms with E-state index in [2.05, 4.69) is 27.7 Å². The minimum Gasteiger partial charge on any atom is -0.463 e. The zero-order valence-electron chi connectivity index (χ0n) is 11.3. The smallest absolute Gasteiger partial charge is 0.309 e. The van der Waals surface area contributed by atoms with Gasteiger partial charge in [-0.1, -0.05) is 34.6 Å². The molecule has 0 spiro atoms. The molecule has 0 rings (SSSR count). The standard InChI is InChI=1S/C13H26O2/c1-9(2)15-12(14)11(4)10(3)8-13(5,6)7/h9-11H,8H2,1-7H3. The van der Waals surface area contributed by atoms with E-state index in [1.165, 1.54) is 0 Å². The average molecular weight is 214 g/mol. The Bertz CT molecular complexity index is 201. The molecule has 0 aromatic carbocycles. The normalized spacial score (nSPS) is 16.3. The number of hydrogen-bond acceptors (Lipinski definition) is 2. The summed E-state index contributed by atoms with van der Waals surface area (Å²) in [6.45, 7) is 14.5. The molecule has 2 nitrogen and oxygen atoms in total. The third kappa shape index (κ3) is 6.53. The Hall–Kier alpha value is -0.530. The highest BCUT2D eigenvalue weighted by Gasteiger charge is 2.26. The molecule has 0 saturated carbocycles. The van der Waals surface area contributed by atoms with Gasteiger partial charge in [-0.2, -0.15) is 0 Å². The lowest BCUT2D eigenvalue weighted by Crippen LogP contribution is -2.26. The summed E-state index contributed by atoms with van der Waals surface area (Å²) in [6.07, 6.45) is 1.03. The van der Waals surface area contributed by atoms with Crippen LogP contribution in [-0.2, 0) is 9.53 Å². The van der Waals surface area contributed by atoms with Crippen molar-refractivity contribution in [2.24, 2.45) is 17.3 Å². The van der Waals surface area contributed by atoms with Crippen LogP contribution in [0.15, 0.2) is 0 Å². The first kappa shape index (κ1) is 14.5. The first-order valence-corrected chi connectivity index (χ1v) is 5.84. The fourth-order valence-corrected chi connectivity index (χ4v) is 1.71. The fraction of sp³-hybridized carbons (Fsp3) is 0.923. The van der Waals surface area contributed by atoms with E-state index in [0.717, 1.165) is 6.42 Å². The maximum atomic E-state index is 11.7. The van der Waals surface area contributed by atoms with E-state index in [1.54, 1.807) is 0 Å². The molecule has 0 aliphatic rings. The van der Waals surface area contributed by atoms with Crippen LogP contribution in [-0.4, -0.2) is 12.1 Å². The summed E-state index contributed by atoms with van der Waals surface area (Å²) >= 11 is 0. The number of esters is 1. The summed E-state index contributed by atoms with van der Waals surface area (Å²) in [7, 11) is 0. The fourth-order valence-electron chi connectivity index (χ4n) is 1.71. The minimum absolute atomic E-state index is 0.00775. The predicted octanol–water partition coefficient (Wildman–Crippen LogP) is 3.65. The molecule has 0 radical (unpaired) electrons. The van der Waals surface area contributed by atoms with Gasteiger partial charge in [-0.05, 0) is 31.6 Å². The Morgan fingerprint density at radius 3 is 1.93 bits per heavy atom. The van der Waals surface area contributed by atoms with Gasteiger partial charge in [-0.3, -0.25) is 4.79 Å². The molecule has 0 N–H and O–H groups in total. The van der Waals surface area contributed by atoms with Gasteiger partial charge in [0.25, 0.3) is 0 Å². The summed E-state index contributed by atoms with van der Waals surface area (Å²) in [6, 6.07) is 0. The van der Waals surface area contributed by atoms with E-state index in [-0.39, 0.29) is 23.4 Å². The van der Waals surface area contributed by atoms with Crippen molar-refractivity contribution in [2.75, 3.05) is 0 Å². The maximum absolute atomic E-state index is 11.7. The molecule has 0 aromatic heterocycles.